The van der Waals surface area contributed by atoms with Crippen LogP contribution in [-0.2, 0) is 0 Å². The second kappa shape index (κ2) is 5.45. The number of anilines is 1. The summed E-state index contributed by atoms with van der Waals surface area (Å²) in [5, 5.41) is 3.11. The van der Waals surface area contributed by atoms with E-state index in [9.17, 15) is 4.39 Å². The van der Waals surface area contributed by atoms with Crippen LogP contribution in [0.2, 0.25) is 5.02 Å². The highest BCUT2D eigenvalue weighted by atomic mass is 35.5. The third-order valence-corrected chi connectivity index (χ3v) is 3.39. The van der Waals surface area contributed by atoms with Gasteiger partial charge in [0.1, 0.15) is 0 Å². The van der Waals surface area contributed by atoms with E-state index in [-0.39, 0.29) is 5.02 Å². The highest BCUT2D eigenvalue weighted by molar-refractivity contribution is 6.31. The molecule has 0 spiro atoms. The van der Waals surface area contributed by atoms with E-state index in [1.54, 1.807) is 19.1 Å². The molecule has 0 unspecified atom stereocenters. The summed E-state index contributed by atoms with van der Waals surface area (Å²) in [4.78, 5) is 0. The predicted octanol–water partition coefficient (Wildman–Crippen LogP) is 5.18. The van der Waals surface area contributed by atoms with Gasteiger partial charge >= 0.3 is 0 Å². The van der Waals surface area contributed by atoms with Crippen molar-refractivity contribution in [3.05, 3.63) is 70.5 Å². The predicted molar refractivity (Wildman–Crippen MR) is 80.0 cm³/mol. The molecule has 2 rings (SSSR count). The van der Waals surface area contributed by atoms with Crippen LogP contribution in [0.1, 0.15) is 16.7 Å². The van der Waals surface area contributed by atoms with E-state index in [4.69, 9.17) is 11.6 Å². The quantitative estimate of drug-likeness (QED) is 0.814. The van der Waals surface area contributed by atoms with Crippen LogP contribution in [0.5, 0.6) is 0 Å². The molecular formula is C16H15ClFN. The van der Waals surface area contributed by atoms with Gasteiger partial charge in [-0.2, -0.15) is 0 Å². The number of benzene rings is 2. The summed E-state index contributed by atoms with van der Waals surface area (Å²) in [7, 11) is 0. The Bertz CT molecular complexity index is 635. The van der Waals surface area contributed by atoms with E-state index < -0.39 is 5.82 Å². The second-order valence-electron chi connectivity index (χ2n) is 4.53. The molecule has 0 radical (unpaired) electrons. The highest BCUT2D eigenvalue weighted by Gasteiger charge is 2.10. The molecule has 0 amide bonds. The summed E-state index contributed by atoms with van der Waals surface area (Å²) in [6, 6.07) is 11.3. The van der Waals surface area contributed by atoms with Gasteiger partial charge in [0.05, 0.1) is 10.7 Å². The Morgan fingerprint density at radius 1 is 1.21 bits per heavy atom. The fraction of sp³-hybridized carbons (Fsp3) is 0.125. The first-order valence-corrected chi connectivity index (χ1v) is 6.34. The van der Waals surface area contributed by atoms with Gasteiger partial charge in [0.15, 0.2) is 5.82 Å². The molecule has 2 aromatic carbocycles. The Hall–Kier alpha value is -1.80. The molecular weight excluding hydrogens is 261 g/mol. The van der Waals surface area contributed by atoms with E-state index in [2.05, 4.69) is 11.9 Å². The molecule has 2 aromatic rings. The van der Waals surface area contributed by atoms with E-state index >= 15 is 0 Å². The van der Waals surface area contributed by atoms with Crippen molar-refractivity contribution in [3.63, 3.8) is 0 Å². The third kappa shape index (κ3) is 2.96. The second-order valence-corrected chi connectivity index (χ2v) is 4.91. The third-order valence-electron chi connectivity index (χ3n) is 2.93. The monoisotopic (exact) mass is 275 g/mol. The van der Waals surface area contributed by atoms with Crippen LogP contribution in [-0.4, -0.2) is 0 Å². The fourth-order valence-electron chi connectivity index (χ4n) is 1.81. The molecule has 0 heterocycles. The molecule has 0 saturated carbocycles. The first-order valence-electron chi connectivity index (χ1n) is 5.96. The zero-order chi connectivity index (χ0) is 14.0. The normalized spacial score (nSPS) is 10.3. The van der Waals surface area contributed by atoms with Crippen molar-refractivity contribution in [1.29, 1.82) is 0 Å². The lowest BCUT2D eigenvalue weighted by Gasteiger charge is -2.12. The molecule has 0 aromatic heterocycles. The Morgan fingerprint density at radius 2 is 1.95 bits per heavy atom. The first-order chi connectivity index (χ1) is 8.99. The van der Waals surface area contributed by atoms with Gasteiger partial charge in [-0.05, 0) is 37.1 Å². The average molecular weight is 276 g/mol. The van der Waals surface area contributed by atoms with Gasteiger partial charge < -0.3 is 5.32 Å². The standard InChI is InChI=1S/C16H15ClFN/c1-10-5-4-6-13(9-10)12(3)19-14-8-7-11(2)15(17)16(14)18/h4-9,19H,3H2,1-2H3. The van der Waals surface area contributed by atoms with Crippen molar-refractivity contribution < 1.29 is 4.39 Å². The Kier molecular flexibility index (Phi) is 3.91. The largest absolute Gasteiger partial charge is 0.353 e. The van der Waals surface area contributed by atoms with Crippen LogP contribution in [0.4, 0.5) is 10.1 Å². The summed E-state index contributed by atoms with van der Waals surface area (Å²) in [6.07, 6.45) is 0. The minimum atomic E-state index is -0.449. The van der Waals surface area contributed by atoms with Gasteiger partial charge in [0, 0.05) is 5.70 Å². The van der Waals surface area contributed by atoms with Gasteiger partial charge in [-0.25, -0.2) is 4.39 Å². The maximum absolute atomic E-state index is 14.0. The summed E-state index contributed by atoms with van der Waals surface area (Å²) >= 11 is 5.89. The molecule has 1 nitrogen and oxygen atoms in total. The number of hydrogen-bond donors (Lipinski definition) is 1. The Labute approximate surface area is 117 Å². The van der Waals surface area contributed by atoms with Crippen molar-refractivity contribution >= 4 is 23.0 Å². The number of rotatable bonds is 3. The lowest BCUT2D eigenvalue weighted by molar-refractivity contribution is 0.631. The van der Waals surface area contributed by atoms with Gasteiger partial charge in [-0.3, -0.25) is 0 Å². The molecule has 0 fully saturated rings. The van der Waals surface area contributed by atoms with Crippen LogP contribution in [0, 0.1) is 19.7 Å². The molecule has 0 aliphatic rings. The van der Waals surface area contributed by atoms with Gasteiger partial charge in [0.25, 0.3) is 0 Å². The van der Waals surface area contributed by atoms with Crippen molar-refractivity contribution in [2.24, 2.45) is 0 Å². The molecule has 0 aliphatic heterocycles. The van der Waals surface area contributed by atoms with E-state index in [1.165, 1.54) is 0 Å². The number of aryl methyl sites for hydroxylation is 2. The fourth-order valence-corrected chi connectivity index (χ4v) is 1.97. The lowest BCUT2D eigenvalue weighted by Crippen LogP contribution is -2.00. The maximum Gasteiger partial charge on any atom is 0.165 e. The van der Waals surface area contributed by atoms with Crippen LogP contribution < -0.4 is 5.32 Å². The summed E-state index contributed by atoms with van der Waals surface area (Å²) in [5.41, 5.74) is 3.74. The topological polar surface area (TPSA) is 12.0 Å². The summed E-state index contributed by atoms with van der Waals surface area (Å²) < 4.78 is 14.0. The zero-order valence-corrected chi connectivity index (χ0v) is 11.7. The van der Waals surface area contributed by atoms with Crippen LogP contribution in [0.25, 0.3) is 5.70 Å². The first kappa shape index (κ1) is 13.6. The maximum atomic E-state index is 14.0. The van der Waals surface area contributed by atoms with Crippen LogP contribution in [0.15, 0.2) is 43.0 Å². The van der Waals surface area contributed by atoms with Crippen LogP contribution >= 0.6 is 11.6 Å². The van der Waals surface area contributed by atoms with E-state index in [0.29, 0.717) is 16.9 Å². The minimum absolute atomic E-state index is 0.141. The SMILES string of the molecule is C=C(Nc1ccc(C)c(Cl)c1F)c1cccc(C)c1. The average Bonchev–Trinajstić information content (AvgIpc) is 2.39. The summed E-state index contributed by atoms with van der Waals surface area (Å²) in [6.45, 7) is 7.70. The molecule has 3 heteroatoms. The van der Waals surface area contributed by atoms with Crippen LogP contribution in [0.3, 0.4) is 0 Å². The van der Waals surface area contributed by atoms with Crippen molar-refractivity contribution in [3.8, 4) is 0 Å². The Balaban J connectivity index is 2.27. The van der Waals surface area contributed by atoms with E-state index in [0.717, 1.165) is 11.1 Å². The molecule has 19 heavy (non-hydrogen) atoms. The number of nitrogens with one attached hydrogen (secondary N) is 1. The van der Waals surface area contributed by atoms with Gasteiger partial charge in [-0.1, -0.05) is 48.0 Å². The molecule has 0 atom stereocenters. The minimum Gasteiger partial charge on any atom is -0.353 e. The van der Waals surface area contributed by atoms with Crippen molar-refractivity contribution in [2.75, 3.05) is 5.32 Å². The highest BCUT2D eigenvalue weighted by Crippen LogP contribution is 2.28. The van der Waals surface area contributed by atoms with Crippen molar-refractivity contribution in [1.82, 2.24) is 0 Å². The smallest absolute Gasteiger partial charge is 0.165 e. The summed E-state index contributed by atoms with van der Waals surface area (Å²) in [5.74, 6) is -0.449. The molecule has 98 valence electrons. The van der Waals surface area contributed by atoms with Gasteiger partial charge in [0.2, 0.25) is 0 Å². The van der Waals surface area contributed by atoms with E-state index in [1.807, 2.05) is 31.2 Å². The molecule has 1 N–H and O–H groups in total. The van der Waals surface area contributed by atoms with Crippen molar-refractivity contribution in [2.45, 2.75) is 13.8 Å². The zero-order valence-electron chi connectivity index (χ0n) is 10.9. The number of hydrogen-bond acceptors (Lipinski definition) is 1. The van der Waals surface area contributed by atoms with Gasteiger partial charge in [-0.15, -0.1) is 0 Å². The number of halogens is 2. The molecule has 0 saturated heterocycles. The Morgan fingerprint density at radius 3 is 2.63 bits per heavy atom. The molecule has 0 bridgehead atoms. The lowest BCUT2D eigenvalue weighted by atomic mass is 10.1. The molecule has 0 aliphatic carbocycles.